The molecule has 7 nitrogen and oxygen atoms in total. The summed E-state index contributed by atoms with van der Waals surface area (Å²) in [5.41, 5.74) is 2.82. The summed E-state index contributed by atoms with van der Waals surface area (Å²) < 4.78 is 0. The van der Waals surface area contributed by atoms with Gasteiger partial charge in [0.1, 0.15) is 0 Å². The second-order valence-corrected chi connectivity index (χ2v) is 7.93. The lowest BCUT2D eigenvalue weighted by Gasteiger charge is -2.40. The number of benzene rings is 1. The Labute approximate surface area is 173 Å². The van der Waals surface area contributed by atoms with Crippen LogP contribution in [0.15, 0.2) is 40.7 Å². The number of carbonyl (C=O) groups is 2. The molecule has 1 aromatic carbocycles. The van der Waals surface area contributed by atoms with E-state index in [0.717, 1.165) is 17.0 Å². The van der Waals surface area contributed by atoms with Crippen LogP contribution in [-0.4, -0.2) is 69.2 Å². The van der Waals surface area contributed by atoms with Crippen molar-refractivity contribution in [2.24, 2.45) is 4.99 Å². The Morgan fingerprint density at radius 1 is 1.07 bits per heavy atom. The minimum Gasteiger partial charge on any atom is -0.313 e. The Kier molecular flexibility index (Phi) is 4.75. The number of likely N-dealkylation sites (N-methyl/N-ethyl adjacent to an activating group) is 1. The van der Waals surface area contributed by atoms with Crippen LogP contribution in [0.5, 0.6) is 0 Å². The zero-order valence-corrected chi connectivity index (χ0v) is 17.4. The molecule has 2 atom stereocenters. The van der Waals surface area contributed by atoms with Gasteiger partial charge in [0.15, 0.2) is 12.2 Å². The molecule has 3 amide bonds. The highest BCUT2D eigenvalue weighted by atomic mass is 35.5. The molecule has 9 heteroatoms. The third-order valence-electron chi connectivity index (χ3n) is 5.57. The van der Waals surface area contributed by atoms with E-state index in [2.05, 4.69) is 0 Å². The van der Waals surface area contributed by atoms with E-state index >= 15 is 0 Å². The molecular weight excluding hydrogens is 401 g/mol. The number of imide groups is 1. The fraction of sp³-hybridized carbons (Fsp3) is 0.421. The van der Waals surface area contributed by atoms with Crippen LogP contribution >= 0.6 is 23.2 Å². The first-order valence-corrected chi connectivity index (χ1v) is 9.97. The largest absolute Gasteiger partial charge is 0.328 e. The number of alkyl halides is 1. The normalized spacial score (nSPS) is 24.2. The molecule has 148 valence electrons. The molecule has 0 spiro atoms. The predicted octanol–water partition coefficient (Wildman–Crippen LogP) is 2.91. The molecule has 1 aromatic rings. The minimum absolute atomic E-state index is 0.193. The molecule has 28 heavy (non-hydrogen) atoms. The Bertz CT molecular complexity index is 898. The Morgan fingerprint density at radius 2 is 1.75 bits per heavy atom. The lowest BCUT2D eigenvalue weighted by molar-refractivity contribution is -0.137. The van der Waals surface area contributed by atoms with E-state index in [9.17, 15) is 9.59 Å². The van der Waals surface area contributed by atoms with Gasteiger partial charge >= 0.3 is 6.03 Å². The zero-order valence-electron chi connectivity index (χ0n) is 15.9. The van der Waals surface area contributed by atoms with Gasteiger partial charge in [0.2, 0.25) is 5.96 Å². The first kappa shape index (κ1) is 19.1. The molecule has 0 radical (unpaired) electrons. The fourth-order valence-corrected chi connectivity index (χ4v) is 4.25. The third-order valence-corrected chi connectivity index (χ3v) is 5.99. The van der Waals surface area contributed by atoms with Gasteiger partial charge in [-0.05, 0) is 31.5 Å². The monoisotopic (exact) mass is 421 g/mol. The number of fused-ring (bicyclic) bond motifs is 3. The molecule has 0 saturated carbocycles. The van der Waals surface area contributed by atoms with Crippen molar-refractivity contribution in [3.8, 4) is 0 Å². The van der Waals surface area contributed by atoms with Crippen molar-refractivity contribution in [2.45, 2.75) is 32.6 Å². The fourth-order valence-electron chi connectivity index (χ4n) is 3.95. The molecule has 3 aliphatic heterocycles. The SMILES string of the molecule is CC1=C(C)N2C(=NC3C2C(=O)N(Cc2ccc(Cl)cc2)C(=O)N3C)N1CCCl. The Morgan fingerprint density at radius 3 is 2.39 bits per heavy atom. The number of urea groups is 1. The van der Waals surface area contributed by atoms with Gasteiger partial charge in [0, 0.05) is 35.9 Å². The first-order chi connectivity index (χ1) is 13.3. The van der Waals surface area contributed by atoms with Crippen LogP contribution in [0.25, 0.3) is 0 Å². The van der Waals surface area contributed by atoms with Gasteiger partial charge in [-0.15, -0.1) is 11.6 Å². The predicted molar refractivity (Wildman–Crippen MR) is 108 cm³/mol. The van der Waals surface area contributed by atoms with Crippen molar-refractivity contribution in [1.82, 2.24) is 19.6 Å². The maximum absolute atomic E-state index is 13.4. The Hall–Kier alpha value is -2.25. The molecule has 3 aliphatic rings. The molecule has 0 aromatic heterocycles. The van der Waals surface area contributed by atoms with Crippen molar-refractivity contribution in [3.63, 3.8) is 0 Å². The van der Waals surface area contributed by atoms with Gasteiger partial charge in [0.05, 0.1) is 6.54 Å². The average Bonchev–Trinajstić information content (AvgIpc) is 3.17. The number of allylic oxidation sites excluding steroid dienone is 2. The lowest BCUT2D eigenvalue weighted by Crippen LogP contribution is -2.64. The van der Waals surface area contributed by atoms with Crippen molar-refractivity contribution in [1.29, 1.82) is 0 Å². The molecule has 1 saturated heterocycles. The summed E-state index contributed by atoms with van der Waals surface area (Å²) in [6.07, 6.45) is -0.544. The Balaban J connectivity index is 1.66. The number of aliphatic imine (C=N–C) groups is 1. The van der Waals surface area contributed by atoms with E-state index in [1.165, 1.54) is 9.80 Å². The summed E-state index contributed by atoms with van der Waals surface area (Å²) in [6, 6.07) is 6.21. The van der Waals surface area contributed by atoms with Crippen LogP contribution < -0.4 is 0 Å². The number of nitrogens with zero attached hydrogens (tertiary/aromatic N) is 5. The van der Waals surface area contributed by atoms with E-state index in [1.54, 1.807) is 19.2 Å². The molecule has 0 aliphatic carbocycles. The first-order valence-electron chi connectivity index (χ1n) is 9.05. The summed E-state index contributed by atoms with van der Waals surface area (Å²) >= 11 is 11.9. The van der Waals surface area contributed by atoms with E-state index in [1.807, 2.05) is 35.8 Å². The van der Waals surface area contributed by atoms with E-state index < -0.39 is 12.2 Å². The quantitative estimate of drug-likeness (QED) is 0.701. The van der Waals surface area contributed by atoms with Crippen LogP contribution in [0.3, 0.4) is 0 Å². The smallest absolute Gasteiger partial charge is 0.313 e. The van der Waals surface area contributed by atoms with Gasteiger partial charge in [-0.2, -0.15) is 0 Å². The third kappa shape index (κ3) is 2.76. The highest BCUT2D eigenvalue weighted by molar-refractivity contribution is 6.30. The van der Waals surface area contributed by atoms with E-state index in [4.69, 9.17) is 28.2 Å². The van der Waals surface area contributed by atoms with Crippen molar-refractivity contribution in [3.05, 3.63) is 46.2 Å². The minimum atomic E-state index is -0.569. The number of amides is 3. The van der Waals surface area contributed by atoms with E-state index in [-0.39, 0.29) is 18.5 Å². The number of halogens is 2. The molecule has 2 unspecified atom stereocenters. The maximum Gasteiger partial charge on any atom is 0.328 e. The standard InChI is InChI=1S/C19H21Cl2N5O2/c1-11-12(2)26-15-16(22-18(26)24(11)9-8-20)23(3)19(28)25(17(15)27)10-13-4-6-14(21)7-5-13/h4-7,15-16H,8-10H2,1-3H3. The molecule has 3 heterocycles. The van der Waals surface area contributed by atoms with Crippen LogP contribution in [0, 0.1) is 0 Å². The van der Waals surface area contributed by atoms with Gasteiger partial charge in [-0.25, -0.2) is 9.79 Å². The highest BCUT2D eigenvalue weighted by Crippen LogP contribution is 2.37. The van der Waals surface area contributed by atoms with Crippen LogP contribution in [-0.2, 0) is 11.3 Å². The molecule has 0 bridgehead atoms. The maximum atomic E-state index is 13.4. The summed E-state index contributed by atoms with van der Waals surface area (Å²) in [6.45, 7) is 4.75. The summed E-state index contributed by atoms with van der Waals surface area (Å²) in [5, 5.41) is 0.610. The van der Waals surface area contributed by atoms with Gasteiger partial charge in [0.25, 0.3) is 5.91 Å². The number of hydrogen-bond donors (Lipinski definition) is 0. The van der Waals surface area contributed by atoms with Gasteiger partial charge < -0.3 is 9.80 Å². The molecule has 0 N–H and O–H groups in total. The second-order valence-electron chi connectivity index (χ2n) is 7.11. The molecular formula is C19H21Cl2N5O2. The number of rotatable bonds is 4. The summed E-state index contributed by atoms with van der Waals surface area (Å²) in [5.74, 6) is 0.881. The topological polar surface area (TPSA) is 59.5 Å². The number of guanidine groups is 1. The van der Waals surface area contributed by atoms with Crippen molar-refractivity contribution in [2.75, 3.05) is 19.5 Å². The van der Waals surface area contributed by atoms with Crippen LogP contribution in [0.2, 0.25) is 5.02 Å². The van der Waals surface area contributed by atoms with Crippen LogP contribution in [0.1, 0.15) is 19.4 Å². The zero-order chi connectivity index (χ0) is 20.2. The molecule has 1 fully saturated rings. The van der Waals surface area contributed by atoms with Crippen molar-refractivity contribution < 1.29 is 9.59 Å². The molecule has 4 rings (SSSR count). The summed E-state index contributed by atoms with van der Waals surface area (Å²) in [7, 11) is 1.69. The van der Waals surface area contributed by atoms with Gasteiger partial charge in [-0.3, -0.25) is 14.6 Å². The second kappa shape index (κ2) is 6.97. The van der Waals surface area contributed by atoms with E-state index in [0.29, 0.717) is 23.4 Å². The highest BCUT2D eigenvalue weighted by Gasteiger charge is 2.55. The number of carbonyl (C=O) groups excluding carboxylic acids is 2. The average molecular weight is 422 g/mol. The van der Waals surface area contributed by atoms with Gasteiger partial charge in [-0.1, -0.05) is 23.7 Å². The lowest BCUT2D eigenvalue weighted by atomic mass is 10.1. The van der Waals surface area contributed by atoms with Crippen molar-refractivity contribution >= 4 is 41.1 Å². The van der Waals surface area contributed by atoms with Crippen LogP contribution in [0.4, 0.5) is 4.79 Å². The summed E-state index contributed by atoms with van der Waals surface area (Å²) in [4.78, 5) is 37.7. The number of hydrogen-bond acceptors (Lipinski definition) is 5.